The lowest BCUT2D eigenvalue weighted by Gasteiger charge is -2.20. The molecular weight excluding hydrogens is 388 g/mol. The molecule has 1 N–H and O–H groups in total. The molecule has 4 rings (SSSR count). The summed E-state index contributed by atoms with van der Waals surface area (Å²) in [7, 11) is 0. The molecule has 1 atom stereocenters. The fourth-order valence-corrected chi connectivity index (χ4v) is 4.95. The van der Waals surface area contributed by atoms with Crippen molar-refractivity contribution < 1.29 is 4.79 Å². The van der Waals surface area contributed by atoms with Gasteiger partial charge in [-0.05, 0) is 54.8 Å². The van der Waals surface area contributed by atoms with Gasteiger partial charge in [0.1, 0.15) is 5.25 Å². The Labute approximate surface area is 183 Å². The van der Waals surface area contributed by atoms with Gasteiger partial charge in [-0.25, -0.2) is 0 Å². The van der Waals surface area contributed by atoms with Crippen LogP contribution in [0.3, 0.4) is 0 Å². The summed E-state index contributed by atoms with van der Waals surface area (Å²) < 4.78 is 0. The van der Waals surface area contributed by atoms with Crippen LogP contribution < -0.4 is 5.32 Å². The molecular formula is C26H28N2OS. The van der Waals surface area contributed by atoms with Gasteiger partial charge < -0.3 is 5.32 Å². The van der Waals surface area contributed by atoms with E-state index in [1.54, 1.807) is 11.8 Å². The summed E-state index contributed by atoms with van der Waals surface area (Å²) in [6, 6.07) is 28.6. The van der Waals surface area contributed by atoms with Crippen molar-refractivity contribution in [2.75, 3.05) is 13.1 Å². The van der Waals surface area contributed by atoms with Gasteiger partial charge in [0.2, 0.25) is 5.91 Å². The van der Waals surface area contributed by atoms with Gasteiger partial charge in [-0.1, -0.05) is 72.8 Å². The number of likely N-dealkylation sites (tertiary alicyclic amines) is 1. The highest BCUT2D eigenvalue weighted by Crippen LogP contribution is 2.35. The van der Waals surface area contributed by atoms with Crippen LogP contribution in [-0.4, -0.2) is 23.9 Å². The second kappa shape index (κ2) is 10.5. The van der Waals surface area contributed by atoms with Gasteiger partial charge in [-0.15, -0.1) is 11.8 Å². The third kappa shape index (κ3) is 5.53. The number of rotatable bonds is 8. The zero-order valence-corrected chi connectivity index (χ0v) is 18.0. The number of nitrogens with one attached hydrogen (secondary N) is 1. The van der Waals surface area contributed by atoms with Gasteiger partial charge in [0.15, 0.2) is 0 Å². The minimum atomic E-state index is -0.278. The highest BCUT2D eigenvalue weighted by molar-refractivity contribution is 8.00. The zero-order valence-electron chi connectivity index (χ0n) is 17.2. The second-order valence-corrected chi connectivity index (χ2v) is 8.87. The minimum Gasteiger partial charge on any atom is -0.351 e. The fourth-order valence-electron chi connectivity index (χ4n) is 3.88. The normalized spacial score (nSPS) is 15.1. The Morgan fingerprint density at radius 3 is 2.13 bits per heavy atom. The minimum absolute atomic E-state index is 0.0472. The first kappa shape index (κ1) is 20.7. The number of nitrogens with zero attached hydrogens (tertiary/aromatic N) is 1. The van der Waals surface area contributed by atoms with Crippen LogP contribution in [0.25, 0.3) is 0 Å². The average Bonchev–Trinajstić information content (AvgIpc) is 3.31. The molecule has 3 aromatic rings. The number of carbonyl (C=O) groups excluding carboxylic acids is 1. The topological polar surface area (TPSA) is 32.3 Å². The van der Waals surface area contributed by atoms with E-state index >= 15 is 0 Å². The molecule has 0 aromatic heterocycles. The smallest absolute Gasteiger partial charge is 0.238 e. The summed E-state index contributed by atoms with van der Waals surface area (Å²) in [6.45, 7) is 3.86. The molecule has 3 aromatic carbocycles. The summed E-state index contributed by atoms with van der Waals surface area (Å²) in [5, 5.41) is 2.93. The van der Waals surface area contributed by atoms with Crippen LogP contribution in [0.4, 0.5) is 0 Å². The molecule has 0 bridgehead atoms. The Balaban J connectivity index is 1.46. The lowest BCUT2D eigenvalue weighted by molar-refractivity contribution is -0.120. The van der Waals surface area contributed by atoms with Crippen molar-refractivity contribution in [3.8, 4) is 0 Å². The maximum absolute atomic E-state index is 13.2. The Morgan fingerprint density at radius 2 is 1.43 bits per heavy atom. The molecule has 0 saturated carbocycles. The number of carbonyl (C=O) groups is 1. The lowest BCUT2D eigenvalue weighted by atomic mass is 10.1. The van der Waals surface area contributed by atoms with Crippen molar-refractivity contribution in [1.29, 1.82) is 0 Å². The number of hydrogen-bond acceptors (Lipinski definition) is 3. The predicted molar refractivity (Wildman–Crippen MR) is 124 cm³/mol. The molecule has 1 heterocycles. The first-order valence-corrected chi connectivity index (χ1v) is 11.5. The zero-order chi connectivity index (χ0) is 20.6. The SMILES string of the molecule is O=C(NCc1ccccc1CN1CCCC1)C(Sc1ccccc1)c1ccccc1. The lowest BCUT2D eigenvalue weighted by Crippen LogP contribution is -2.28. The van der Waals surface area contributed by atoms with Crippen LogP contribution in [0.5, 0.6) is 0 Å². The largest absolute Gasteiger partial charge is 0.351 e. The Bertz CT molecular complexity index is 940. The molecule has 1 amide bonds. The first-order valence-electron chi connectivity index (χ1n) is 10.6. The summed E-state index contributed by atoms with van der Waals surface area (Å²) in [6.07, 6.45) is 2.57. The number of thioether (sulfide) groups is 1. The summed E-state index contributed by atoms with van der Waals surface area (Å²) in [5.41, 5.74) is 3.54. The standard InChI is InChI=1S/C26H28N2OS/c29-26(25(21-11-3-1-4-12-21)30-24-15-5-2-6-16-24)27-19-22-13-7-8-14-23(22)20-28-17-9-10-18-28/h1-8,11-16,25H,9-10,17-20H2,(H,27,29). The van der Waals surface area contributed by atoms with Gasteiger partial charge in [0, 0.05) is 18.0 Å². The van der Waals surface area contributed by atoms with Crippen LogP contribution in [0.1, 0.15) is 34.8 Å². The molecule has 4 heteroatoms. The molecule has 0 spiro atoms. The molecule has 30 heavy (non-hydrogen) atoms. The van der Waals surface area contributed by atoms with Crippen molar-refractivity contribution in [3.63, 3.8) is 0 Å². The first-order chi connectivity index (χ1) is 14.8. The van der Waals surface area contributed by atoms with E-state index in [9.17, 15) is 4.79 Å². The maximum Gasteiger partial charge on any atom is 0.238 e. The van der Waals surface area contributed by atoms with Gasteiger partial charge in [0.25, 0.3) is 0 Å². The van der Waals surface area contributed by atoms with E-state index < -0.39 is 0 Å². The third-order valence-corrected chi connectivity index (χ3v) is 6.77. The molecule has 0 aliphatic carbocycles. The molecule has 3 nitrogen and oxygen atoms in total. The molecule has 154 valence electrons. The molecule has 1 unspecified atom stereocenters. The monoisotopic (exact) mass is 416 g/mol. The Hall–Kier alpha value is -2.56. The van der Waals surface area contributed by atoms with Crippen LogP contribution >= 0.6 is 11.8 Å². The van der Waals surface area contributed by atoms with Crippen molar-refractivity contribution >= 4 is 17.7 Å². The van der Waals surface area contributed by atoms with Gasteiger partial charge in [-0.2, -0.15) is 0 Å². The van der Waals surface area contributed by atoms with Crippen molar-refractivity contribution in [2.24, 2.45) is 0 Å². The second-order valence-electron chi connectivity index (χ2n) is 7.69. The van der Waals surface area contributed by atoms with Crippen LogP contribution in [0, 0.1) is 0 Å². The number of benzene rings is 3. The van der Waals surface area contributed by atoms with E-state index in [1.807, 2.05) is 48.5 Å². The fraction of sp³-hybridized carbons (Fsp3) is 0.269. The highest BCUT2D eigenvalue weighted by Gasteiger charge is 2.22. The Kier molecular flexibility index (Phi) is 7.22. The Morgan fingerprint density at radius 1 is 0.833 bits per heavy atom. The van der Waals surface area contributed by atoms with E-state index in [4.69, 9.17) is 0 Å². The van der Waals surface area contributed by atoms with E-state index in [1.165, 1.54) is 37.1 Å². The summed E-state index contributed by atoms with van der Waals surface area (Å²) in [4.78, 5) is 16.8. The number of hydrogen-bond donors (Lipinski definition) is 1. The molecule has 1 aliphatic rings. The van der Waals surface area contributed by atoms with E-state index in [2.05, 4.69) is 46.6 Å². The summed E-state index contributed by atoms with van der Waals surface area (Å²) >= 11 is 1.60. The highest BCUT2D eigenvalue weighted by atomic mass is 32.2. The van der Waals surface area contributed by atoms with Crippen molar-refractivity contribution in [2.45, 2.75) is 36.1 Å². The number of amides is 1. The third-order valence-electron chi connectivity index (χ3n) is 5.50. The molecule has 0 radical (unpaired) electrons. The van der Waals surface area contributed by atoms with E-state index in [0.29, 0.717) is 6.54 Å². The quantitative estimate of drug-likeness (QED) is 0.497. The average molecular weight is 417 g/mol. The predicted octanol–water partition coefficient (Wildman–Crippen LogP) is 5.43. The van der Waals surface area contributed by atoms with Crippen LogP contribution in [-0.2, 0) is 17.9 Å². The van der Waals surface area contributed by atoms with Gasteiger partial charge in [-0.3, -0.25) is 9.69 Å². The van der Waals surface area contributed by atoms with E-state index in [0.717, 1.165) is 17.0 Å². The van der Waals surface area contributed by atoms with Crippen LogP contribution in [0.2, 0.25) is 0 Å². The van der Waals surface area contributed by atoms with E-state index in [-0.39, 0.29) is 11.2 Å². The summed E-state index contributed by atoms with van der Waals surface area (Å²) in [5.74, 6) is 0.0472. The van der Waals surface area contributed by atoms with Gasteiger partial charge >= 0.3 is 0 Å². The van der Waals surface area contributed by atoms with Crippen molar-refractivity contribution in [3.05, 3.63) is 102 Å². The maximum atomic E-state index is 13.2. The van der Waals surface area contributed by atoms with Crippen molar-refractivity contribution in [1.82, 2.24) is 10.2 Å². The molecule has 1 fully saturated rings. The van der Waals surface area contributed by atoms with Crippen LogP contribution in [0.15, 0.2) is 89.8 Å². The molecule has 1 saturated heterocycles. The molecule has 1 aliphatic heterocycles. The van der Waals surface area contributed by atoms with Gasteiger partial charge in [0.05, 0.1) is 0 Å².